The molecule has 2 rings (SSSR count). The third-order valence-corrected chi connectivity index (χ3v) is 3.39. The Kier molecular flexibility index (Phi) is 5.71. The summed E-state index contributed by atoms with van der Waals surface area (Å²) in [4.78, 5) is 12.4. The van der Waals surface area contributed by atoms with Crippen molar-refractivity contribution in [2.75, 3.05) is 6.61 Å². The number of nitrogens with zero attached hydrogens (tertiary/aromatic N) is 1. The van der Waals surface area contributed by atoms with E-state index in [4.69, 9.17) is 9.26 Å². The van der Waals surface area contributed by atoms with E-state index in [2.05, 4.69) is 10.5 Å². The molecular formula is C17H19F3N2O3. The first-order chi connectivity index (χ1) is 11.7. The molecule has 0 aliphatic carbocycles. The summed E-state index contributed by atoms with van der Waals surface area (Å²) in [6.07, 6.45) is -4.40. The van der Waals surface area contributed by atoms with E-state index >= 15 is 0 Å². The zero-order chi connectivity index (χ0) is 18.6. The maximum absolute atomic E-state index is 12.4. The maximum Gasteiger partial charge on any atom is 0.422 e. The Labute approximate surface area is 143 Å². The highest BCUT2D eigenvalue weighted by atomic mass is 19.4. The van der Waals surface area contributed by atoms with Gasteiger partial charge in [-0.1, -0.05) is 31.1 Å². The number of halogens is 3. The molecule has 0 unspecified atom stereocenters. The van der Waals surface area contributed by atoms with Gasteiger partial charge in [0, 0.05) is 12.5 Å². The number of aryl methyl sites for hydroxylation is 1. The van der Waals surface area contributed by atoms with Crippen LogP contribution in [-0.2, 0) is 6.54 Å². The van der Waals surface area contributed by atoms with Gasteiger partial charge in [0.2, 0.25) is 0 Å². The van der Waals surface area contributed by atoms with Crippen LogP contribution in [0, 0.1) is 6.92 Å². The minimum Gasteiger partial charge on any atom is -0.484 e. The molecular weight excluding hydrogens is 337 g/mol. The molecule has 0 spiro atoms. The monoisotopic (exact) mass is 356 g/mol. The Morgan fingerprint density at radius 2 is 2.08 bits per heavy atom. The molecule has 1 heterocycles. The summed E-state index contributed by atoms with van der Waals surface area (Å²) in [5.74, 6) is 0.246. The quantitative estimate of drug-likeness (QED) is 0.850. The summed E-state index contributed by atoms with van der Waals surface area (Å²) in [5, 5.41) is 6.53. The highest BCUT2D eigenvalue weighted by Crippen LogP contribution is 2.22. The van der Waals surface area contributed by atoms with E-state index in [0.717, 1.165) is 0 Å². The summed E-state index contributed by atoms with van der Waals surface area (Å²) in [5.41, 5.74) is 1.50. The van der Waals surface area contributed by atoms with Crippen LogP contribution in [0.3, 0.4) is 0 Å². The molecule has 0 atom stereocenters. The van der Waals surface area contributed by atoms with Crippen LogP contribution >= 0.6 is 0 Å². The molecule has 0 aliphatic rings. The molecule has 0 saturated carbocycles. The minimum atomic E-state index is -4.40. The van der Waals surface area contributed by atoms with Crippen molar-refractivity contribution in [3.63, 3.8) is 0 Å². The van der Waals surface area contributed by atoms with Crippen LogP contribution in [0.5, 0.6) is 5.75 Å². The van der Waals surface area contributed by atoms with Crippen LogP contribution < -0.4 is 10.1 Å². The van der Waals surface area contributed by atoms with E-state index in [1.54, 1.807) is 19.1 Å². The second kappa shape index (κ2) is 7.58. The first kappa shape index (κ1) is 18.8. The third-order valence-electron chi connectivity index (χ3n) is 3.39. The molecule has 0 fully saturated rings. The van der Waals surface area contributed by atoms with Gasteiger partial charge >= 0.3 is 6.18 Å². The standard InChI is InChI=1S/C17H19F3N2O3/c1-10(2)15-14(11(3)22-25-15)16(23)21-8-12-5-4-6-13(7-12)24-9-17(18,19)20/h4-7,10H,8-9H2,1-3H3,(H,21,23). The van der Waals surface area contributed by atoms with Gasteiger partial charge in [-0.2, -0.15) is 13.2 Å². The van der Waals surface area contributed by atoms with Crippen molar-refractivity contribution in [2.45, 2.75) is 39.4 Å². The lowest BCUT2D eigenvalue weighted by Gasteiger charge is -2.11. The average molecular weight is 356 g/mol. The number of nitrogens with one attached hydrogen (secondary N) is 1. The number of carbonyl (C=O) groups is 1. The summed E-state index contributed by atoms with van der Waals surface area (Å²) >= 11 is 0. The van der Waals surface area contributed by atoms with E-state index in [1.807, 2.05) is 13.8 Å². The molecule has 1 N–H and O–H groups in total. The molecule has 0 aliphatic heterocycles. The van der Waals surface area contributed by atoms with Gasteiger partial charge in [-0.05, 0) is 24.6 Å². The Bertz CT molecular complexity index is 739. The van der Waals surface area contributed by atoms with Crippen LogP contribution in [0.4, 0.5) is 13.2 Å². The van der Waals surface area contributed by atoms with Crippen LogP contribution in [0.25, 0.3) is 0 Å². The molecule has 0 radical (unpaired) electrons. The molecule has 8 heteroatoms. The molecule has 0 saturated heterocycles. The lowest BCUT2D eigenvalue weighted by Crippen LogP contribution is -2.24. The number of aromatic nitrogens is 1. The predicted molar refractivity (Wildman–Crippen MR) is 84.5 cm³/mol. The lowest BCUT2D eigenvalue weighted by molar-refractivity contribution is -0.153. The number of hydrogen-bond donors (Lipinski definition) is 1. The largest absolute Gasteiger partial charge is 0.484 e. The summed E-state index contributed by atoms with van der Waals surface area (Å²) in [6, 6.07) is 6.13. The van der Waals surface area contributed by atoms with E-state index in [1.165, 1.54) is 12.1 Å². The van der Waals surface area contributed by atoms with Crippen LogP contribution in [0.15, 0.2) is 28.8 Å². The van der Waals surface area contributed by atoms with Crippen molar-refractivity contribution < 1.29 is 27.2 Å². The van der Waals surface area contributed by atoms with Crippen molar-refractivity contribution >= 4 is 5.91 Å². The van der Waals surface area contributed by atoms with Gasteiger partial charge in [0.1, 0.15) is 11.3 Å². The van der Waals surface area contributed by atoms with E-state index in [0.29, 0.717) is 22.6 Å². The minimum absolute atomic E-state index is 0.000969. The predicted octanol–water partition coefficient (Wildman–Crippen LogP) is 3.98. The summed E-state index contributed by atoms with van der Waals surface area (Å²) in [6.45, 7) is 4.23. The molecule has 2 aromatic rings. The second-order valence-corrected chi connectivity index (χ2v) is 5.90. The molecule has 25 heavy (non-hydrogen) atoms. The fourth-order valence-corrected chi connectivity index (χ4v) is 2.24. The van der Waals surface area contributed by atoms with Crippen molar-refractivity contribution in [3.8, 4) is 5.75 Å². The molecule has 5 nitrogen and oxygen atoms in total. The molecule has 1 amide bonds. The van der Waals surface area contributed by atoms with Crippen LogP contribution in [0.1, 0.15) is 47.1 Å². The average Bonchev–Trinajstić information content (AvgIpc) is 2.92. The SMILES string of the molecule is Cc1noc(C(C)C)c1C(=O)NCc1cccc(OCC(F)(F)F)c1. The number of rotatable bonds is 6. The number of amides is 1. The number of benzene rings is 1. The highest BCUT2D eigenvalue weighted by Gasteiger charge is 2.28. The topological polar surface area (TPSA) is 64.4 Å². The number of ether oxygens (including phenoxy) is 1. The van der Waals surface area contributed by atoms with Gasteiger partial charge in [0.25, 0.3) is 5.91 Å². The third kappa shape index (κ3) is 5.23. The van der Waals surface area contributed by atoms with Gasteiger partial charge in [0.15, 0.2) is 12.4 Å². The first-order valence-corrected chi connectivity index (χ1v) is 7.70. The van der Waals surface area contributed by atoms with Crippen molar-refractivity contribution in [1.29, 1.82) is 0 Å². The van der Waals surface area contributed by atoms with Crippen molar-refractivity contribution in [3.05, 3.63) is 46.8 Å². The fraction of sp³-hybridized carbons (Fsp3) is 0.412. The normalized spacial score (nSPS) is 11.6. The molecule has 136 valence electrons. The Morgan fingerprint density at radius 3 is 2.72 bits per heavy atom. The number of hydrogen-bond acceptors (Lipinski definition) is 4. The van der Waals surface area contributed by atoms with E-state index < -0.39 is 12.8 Å². The van der Waals surface area contributed by atoms with Gasteiger partial charge in [-0.25, -0.2) is 0 Å². The van der Waals surface area contributed by atoms with Gasteiger partial charge in [-0.15, -0.1) is 0 Å². The fourth-order valence-electron chi connectivity index (χ4n) is 2.24. The zero-order valence-corrected chi connectivity index (χ0v) is 14.1. The molecule has 0 bridgehead atoms. The van der Waals surface area contributed by atoms with E-state index in [-0.39, 0.29) is 24.1 Å². The van der Waals surface area contributed by atoms with Gasteiger partial charge in [0.05, 0.1) is 5.69 Å². The number of carbonyl (C=O) groups excluding carboxylic acids is 1. The van der Waals surface area contributed by atoms with Crippen molar-refractivity contribution in [2.24, 2.45) is 0 Å². The Hall–Kier alpha value is -2.51. The number of alkyl halides is 3. The Balaban J connectivity index is 2.02. The smallest absolute Gasteiger partial charge is 0.422 e. The first-order valence-electron chi connectivity index (χ1n) is 7.70. The lowest BCUT2D eigenvalue weighted by atomic mass is 10.0. The van der Waals surface area contributed by atoms with Crippen molar-refractivity contribution in [1.82, 2.24) is 10.5 Å². The summed E-state index contributed by atoms with van der Waals surface area (Å²) in [7, 11) is 0. The van der Waals surface area contributed by atoms with E-state index in [9.17, 15) is 18.0 Å². The second-order valence-electron chi connectivity index (χ2n) is 5.90. The summed E-state index contributed by atoms with van der Waals surface area (Å²) < 4.78 is 46.5. The highest BCUT2D eigenvalue weighted by molar-refractivity contribution is 5.96. The van der Waals surface area contributed by atoms with Gasteiger partial charge in [-0.3, -0.25) is 4.79 Å². The zero-order valence-electron chi connectivity index (χ0n) is 14.1. The van der Waals surface area contributed by atoms with Gasteiger partial charge < -0.3 is 14.6 Å². The maximum atomic E-state index is 12.4. The molecule has 1 aromatic carbocycles. The Morgan fingerprint density at radius 1 is 1.36 bits per heavy atom. The van der Waals surface area contributed by atoms with Crippen LogP contribution in [0.2, 0.25) is 0 Å². The van der Waals surface area contributed by atoms with Crippen LogP contribution in [-0.4, -0.2) is 23.8 Å². The molecule has 1 aromatic heterocycles.